The Kier molecular flexibility index (Phi) is 8.18. The number of hydrogen-bond donors (Lipinski definition) is 2. The van der Waals surface area contributed by atoms with Gasteiger partial charge in [0.1, 0.15) is 0 Å². The van der Waals surface area contributed by atoms with Crippen LogP contribution in [0.25, 0.3) is 0 Å². The number of halogens is 1. The molecule has 1 aliphatic carbocycles. The highest BCUT2D eigenvalue weighted by Crippen LogP contribution is 2.25. The van der Waals surface area contributed by atoms with Crippen LogP contribution < -0.4 is 11.1 Å². The SMILES string of the molecule is CC(CC(=O)N1CCC(CN)CC1)NC(=O)C1CCCC1.Cl. The van der Waals surface area contributed by atoms with Gasteiger partial charge in [-0.1, -0.05) is 12.8 Å². The quantitative estimate of drug-likeness (QED) is 0.805. The van der Waals surface area contributed by atoms with Gasteiger partial charge in [0.05, 0.1) is 0 Å². The molecule has 3 N–H and O–H groups in total. The predicted molar refractivity (Wildman–Crippen MR) is 89.8 cm³/mol. The Balaban J connectivity index is 0.00000242. The third-order valence-electron chi connectivity index (χ3n) is 4.90. The normalized spacial score (nSPS) is 21.3. The first kappa shape index (κ1) is 19.2. The van der Waals surface area contributed by atoms with Gasteiger partial charge in [0.2, 0.25) is 11.8 Å². The summed E-state index contributed by atoms with van der Waals surface area (Å²) in [6, 6.07) is -0.0715. The number of nitrogens with zero attached hydrogens (tertiary/aromatic N) is 1. The van der Waals surface area contributed by atoms with E-state index in [-0.39, 0.29) is 36.2 Å². The van der Waals surface area contributed by atoms with Crippen molar-refractivity contribution in [1.29, 1.82) is 0 Å². The third-order valence-corrected chi connectivity index (χ3v) is 4.90. The second kappa shape index (κ2) is 9.36. The largest absolute Gasteiger partial charge is 0.353 e. The molecule has 1 aliphatic heterocycles. The van der Waals surface area contributed by atoms with Crippen molar-refractivity contribution in [3.05, 3.63) is 0 Å². The molecular weight excluding hydrogens is 302 g/mol. The maximum atomic E-state index is 12.2. The van der Waals surface area contributed by atoms with E-state index in [4.69, 9.17) is 5.73 Å². The maximum Gasteiger partial charge on any atom is 0.224 e. The van der Waals surface area contributed by atoms with E-state index in [2.05, 4.69) is 5.32 Å². The summed E-state index contributed by atoms with van der Waals surface area (Å²) in [6.45, 7) is 4.27. The van der Waals surface area contributed by atoms with Crippen LogP contribution in [0.2, 0.25) is 0 Å². The van der Waals surface area contributed by atoms with Gasteiger partial charge < -0.3 is 16.0 Å². The summed E-state index contributed by atoms with van der Waals surface area (Å²) >= 11 is 0. The summed E-state index contributed by atoms with van der Waals surface area (Å²) in [5, 5.41) is 3.01. The maximum absolute atomic E-state index is 12.2. The van der Waals surface area contributed by atoms with E-state index in [1.54, 1.807) is 0 Å². The van der Waals surface area contributed by atoms with E-state index in [0.717, 1.165) is 58.2 Å². The highest BCUT2D eigenvalue weighted by Gasteiger charge is 2.26. The fourth-order valence-corrected chi connectivity index (χ4v) is 3.41. The third kappa shape index (κ3) is 5.43. The molecule has 2 fully saturated rings. The first-order chi connectivity index (χ1) is 10.1. The van der Waals surface area contributed by atoms with Gasteiger partial charge >= 0.3 is 0 Å². The van der Waals surface area contributed by atoms with Gasteiger partial charge in [0.15, 0.2) is 0 Å². The van der Waals surface area contributed by atoms with Crippen molar-refractivity contribution >= 4 is 24.2 Å². The zero-order valence-corrected chi connectivity index (χ0v) is 14.4. The number of nitrogens with one attached hydrogen (secondary N) is 1. The Hall–Kier alpha value is -0.810. The summed E-state index contributed by atoms with van der Waals surface area (Å²) < 4.78 is 0. The van der Waals surface area contributed by atoms with Crippen LogP contribution in [0.4, 0.5) is 0 Å². The lowest BCUT2D eigenvalue weighted by Gasteiger charge is -2.32. The molecule has 0 aromatic carbocycles. The number of carbonyl (C=O) groups excluding carboxylic acids is 2. The lowest BCUT2D eigenvalue weighted by Crippen LogP contribution is -2.44. The Labute approximate surface area is 139 Å². The van der Waals surface area contributed by atoms with Gasteiger partial charge in [-0.2, -0.15) is 0 Å². The summed E-state index contributed by atoms with van der Waals surface area (Å²) in [6.07, 6.45) is 6.73. The Morgan fingerprint density at radius 1 is 1.18 bits per heavy atom. The number of nitrogens with two attached hydrogens (primary N) is 1. The van der Waals surface area contributed by atoms with Crippen molar-refractivity contribution in [2.45, 2.75) is 57.9 Å². The average Bonchev–Trinajstić information content (AvgIpc) is 3.01. The fourth-order valence-electron chi connectivity index (χ4n) is 3.41. The van der Waals surface area contributed by atoms with Crippen LogP contribution in [-0.2, 0) is 9.59 Å². The molecule has 6 heteroatoms. The van der Waals surface area contributed by atoms with E-state index >= 15 is 0 Å². The minimum Gasteiger partial charge on any atom is -0.353 e. The van der Waals surface area contributed by atoms with Gasteiger partial charge in [-0.3, -0.25) is 9.59 Å². The number of rotatable bonds is 5. The highest BCUT2D eigenvalue weighted by molar-refractivity contribution is 5.85. The smallest absolute Gasteiger partial charge is 0.224 e. The number of likely N-dealkylation sites (tertiary alicyclic amines) is 1. The van der Waals surface area contributed by atoms with Crippen molar-refractivity contribution in [3.63, 3.8) is 0 Å². The topological polar surface area (TPSA) is 75.4 Å². The molecule has 0 bridgehead atoms. The Morgan fingerprint density at radius 2 is 1.77 bits per heavy atom. The molecule has 1 atom stereocenters. The zero-order chi connectivity index (χ0) is 15.2. The molecule has 128 valence electrons. The van der Waals surface area contributed by atoms with E-state index in [0.29, 0.717) is 12.3 Å². The number of carbonyl (C=O) groups is 2. The van der Waals surface area contributed by atoms with E-state index < -0.39 is 0 Å². The lowest BCUT2D eigenvalue weighted by atomic mass is 9.96. The minimum absolute atomic E-state index is 0. The van der Waals surface area contributed by atoms with E-state index in [1.165, 1.54) is 0 Å². The highest BCUT2D eigenvalue weighted by atomic mass is 35.5. The zero-order valence-electron chi connectivity index (χ0n) is 13.6. The molecule has 1 saturated heterocycles. The molecule has 2 aliphatic rings. The van der Waals surface area contributed by atoms with Gasteiger partial charge in [-0.15, -0.1) is 12.4 Å². The predicted octanol–water partition coefficient (Wildman–Crippen LogP) is 1.69. The Bertz CT molecular complexity index is 364. The van der Waals surface area contributed by atoms with Crippen molar-refractivity contribution in [1.82, 2.24) is 10.2 Å². The van der Waals surface area contributed by atoms with Crippen LogP contribution in [0.5, 0.6) is 0 Å². The standard InChI is InChI=1S/C16H29N3O2.ClH/c1-12(18-16(21)14-4-2-3-5-14)10-15(20)19-8-6-13(11-17)7-9-19;/h12-14H,2-11,17H2,1H3,(H,18,21);1H. The van der Waals surface area contributed by atoms with Gasteiger partial charge in [0.25, 0.3) is 0 Å². The number of amides is 2. The molecule has 0 aromatic rings. The molecule has 2 amide bonds. The van der Waals surface area contributed by atoms with Crippen LogP contribution in [0, 0.1) is 11.8 Å². The molecule has 0 aromatic heterocycles. The van der Waals surface area contributed by atoms with E-state index in [1.807, 2.05) is 11.8 Å². The average molecular weight is 332 g/mol. The summed E-state index contributed by atoms with van der Waals surface area (Å²) in [5.74, 6) is 1.02. The molecule has 1 saturated carbocycles. The molecule has 1 unspecified atom stereocenters. The molecule has 22 heavy (non-hydrogen) atoms. The van der Waals surface area contributed by atoms with Crippen LogP contribution in [0.3, 0.4) is 0 Å². The summed E-state index contributed by atoms with van der Waals surface area (Å²) in [4.78, 5) is 26.2. The second-order valence-corrected chi connectivity index (χ2v) is 6.66. The summed E-state index contributed by atoms with van der Waals surface area (Å²) in [5.41, 5.74) is 5.67. The van der Waals surface area contributed by atoms with Gasteiger partial charge in [-0.05, 0) is 45.1 Å². The van der Waals surface area contributed by atoms with Crippen molar-refractivity contribution in [2.75, 3.05) is 19.6 Å². The van der Waals surface area contributed by atoms with E-state index in [9.17, 15) is 9.59 Å². The van der Waals surface area contributed by atoms with Crippen molar-refractivity contribution in [2.24, 2.45) is 17.6 Å². The molecule has 0 spiro atoms. The molecule has 5 nitrogen and oxygen atoms in total. The lowest BCUT2D eigenvalue weighted by molar-refractivity contribution is -0.133. The Morgan fingerprint density at radius 3 is 2.32 bits per heavy atom. The van der Waals surface area contributed by atoms with Gasteiger partial charge in [0, 0.05) is 31.5 Å². The first-order valence-electron chi connectivity index (χ1n) is 8.38. The monoisotopic (exact) mass is 331 g/mol. The fraction of sp³-hybridized carbons (Fsp3) is 0.875. The molecule has 0 radical (unpaired) electrons. The van der Waals surface area contributed by atoms with Crippen LogP contribution in [0.1, 0.15) is 51.9 Å². The summed E-state index contributed by atoms with van der Waals surface area (Å²) in [7, 11) is 0. The first-order valence-corrected chi connectivity index (χ1v) is 8.38. The van der Waals surface area contributed by atoms with Gasteiger partial charge in [-0.25, -0.2) is 0 Å². The second-order valence-electron chi connectivity index (χ2n) is 6.66. The number of hydrogen-bond acceptors (Lipinski definition) is 3. The minimum atomic E-state index is -0.0715. The molecular formula is C16H30ClN3O2. The van der Waals surface area contributed by atoms with Crippen molar-refractivity contribution < 1.29 is 9.59 Å². The van der Waals surface area contributed by atoms with Crippen LogP contribution in [0.15, 0.2) is 0 Å². The molecule has 1 heterocycles. The molecule has 2 rings (SSSR count). The number of piperidine rings is 1. The van der Waals surface area contributed by atoms with Crippen LogP contribution in [-0.4, -0.2) is 42.4 Å². The van der Waals surface area contributed by atoms with Crippen LogP contribution >= 0.6 is 12.4 Å². The van der Waals surface area contributed by atoms with Crippen molar-refractivity contribution in [3.8, 4) is 0 Å².